The number of rotatable bonds is 8. The van der Waals surface area contributed by atoms with Crippen LogP contribution in [0.15, 0.2) is 60.7 Å². The summed E-state index contributed by atoms with van der Waals surface area (Å²) in [6.07, 6.45) is -0.592. The molecule has 6 nitrogen and oxygen atoms in total. The van der Waals surface area contributed by atoms with Gasteiger partial charge >= 0.3 is 0 Å². The first kappa shape index (κ1) is 18.9. The Bertz CT molecular complexity index is 711. The minimum atomic E-state index is -4.68. The van der Waals surface area contributed by atoms with Crippen molar-refractivity contribution in [2.45, 2.75) is 24.2 Å². The molecule has 2 aromatic carbocycles. The molecule has 0 spiro atoms. The summed E-state index contributed by atoms with van der Waals surface area (Å²) in [7, 11) is -4.68. The number of hydrogen-bond acceptors (Lipinski definition) is 5. The molecule has 0 heterocycles. The first-order chi connectivity index (χ1) is 11.8. The van der Waals surface area contributed by atoms with Crippen molar-refractivity contribution in [2.75, 3.05) is 0 Å². The first-order valence-electron chi connectivity index (χ1n) is 7.64. The van der Waals surface area contributed by atoms with Gasteiger partial charge in [0, 0.05) is 0 Å². The van der Waals surface area contributed by atoms with E-state index in [1.165, 1.54) is 0 Å². The number of carbonyl (C=O) groups excluding carboxylic acids is 2. The van der Waals surface area contributed by atoms with Crippen LogP contribution < -0.4 is 10.2 Å². The molecule has 2 atom stereocenters. The fourth-order valence-corrected chi connectivity index (χ4v) is 4.61. The van der Waals surface area contributed by atoms with E-state index in [-0.39, 0.29) is 12.8 Å². The van der Waals surface area contributed by atoms with Crippen molar-refractivity contribution in [1.82, 2.24) is 0 Å². The topological polar surface area (TPSA) is 118 Å². The van der Waals surface area contributed by atoms with Gasteiger partial charge in [0.15, 0.2) is 0 Å². The summed E-state index contributed by atoms with van der Waals surface area (Å²) in [5.74, 6) is -3.51. The largest absolute Gasteiger partial charge is 0.549 e. The summed E-state index contributed by atoms with van der Waals surface area (Å²) in [4.78, 5) is 33.4. The average molecular weight is 360 g/mol. The highest BCUT2D eigenvalue weighted by Gasteiger charge is 2.40. The van der Waals surface area contributed by atoms with Crippen LogP contribution in [0.3, 0.4) is 0 Å². The van der Waals surface area contributed by atoms with Crippen molar-refractivity contribution in [3.05, 3.63) is 71.8 Å². The summed E-state index contributed by atoms with van der Waals surface area (Å²) in [5.41, 5.74) is -2.66. The van der Waals surface area contributed by atoms with Crippen molar-refractivity contribution in [2.24, 2.45) is 0 Å². The highest BCUT2D eigenvalue weighted by Crippen LogP contribution is 2.53. The van der Waals surface area contributed by atoms with Crippen LogP contribution in [-0.2, 0) is 27.0 Å². The second-order valence-corrected chi connectivity index (χ2v) is 8.31. The number of aliphatic carboxylic acids is 2. The summed E-state index contributed by atoms with van der Waals surface area (Å²) in [6.45, 7) is 0. The molecule has 2 aromatic rings. The molecule has 0 aromatic heterocycles. The molecule has 0 bridgehead atoms. The van der Waals surface area contributed by atoms with Crippen molar-refractivity contribution in [3.8, 4) is 0 Å². The minimum Gasteiger partial charge on any atom is -0.549 e. The van der Waals surface area contributed by atoms with E-state index in [4.69, 9.17) is 0 Å². The Kier molecular flexibility index (Phi) is 6.12. The molecule has 132 valence electrons. The van der Waals surface area contributed by atoms with Gasteiger partial charge in [-0.1, -0.05) is 60.7 Å². The second-order valence-electron chi connectivity index (χ2n) is 5.72. The molecular weight excluding hydrogens is 343 g/mol. The maximum Gasteiger partial charge on any atom is 0.218 e. The molecule has 2 rings (SSSR count). The summed E-state index contributed by atoms with van der Waals surface area (Å²) in [5, 5.41) is 22.9. The standard InChI is InChI=1S/C18H19O6P/c19-17(20)15(11-13-7-3-1-4-8-13)25(23,24)16(18(21)22)12-14-9-5-2-6-10-14/h1-10,15-16H,11-12H2,(H,19,20)(H,21,22)(H,23,24)/p-2/t15-,16-/m1/s1. The van der Waals surface area contributed by atoms with Gasteiger partial charge in [-0.05, 0) is 24.0 Å². The second kappa shape index (κ2) is 8.10. The van der Waals surface area contributed by atoms with Gasteiger partial charge in [-0.15, -0.1) is 0 Å². The number of benzene rings is 2. The fourth-order valence-electron chi connectivity index (χ4n) is 2.62. The van der Waals surface area contributed by atoms with E-state index in [1.807, 2.05) is 0 Å². The monoisotopic (exact) mass is 360 g/mol. The maximum atomic E-state index is 12.8. The van der Waals surface area contributed by atoms with Crippen LogP contribution in [0.5, 0.6) is 0 Å². The lowest BCUT2D eigenvalue weighted by molar-refractivity contribution is -0.305. The molecule has 0 saturated heterocycles. The van der Waals surface area contributed by atoms with Crippen LogP contribution in [0.1, 0.15) is 11.1 Å². The Morgan fingerprint density at radius 1 is 0.800 bits per heavy atom. The summed E-state index contributed by atoms with van der Waals surface area (Å²) in [6, 6.07) is 16.5. The molecular formula is C18H17O6P-2. The third kappa shape index (κ3) is 4.78. The van der Waals surface area contributed by atoms with E-state index < -0.39 is 30.6 Å². The zero-order valence-corrected chi connectivity index (χ0v) is 14.2. The van der Waals surface area contributed by atoms with E-state index in [9.17, 15) is 29.3 Å². The molecule has 0 radical (unpaired) electrons. The van der Waals surface area contributed by atoms with Gasteiger partial charge in [-0.2, -0.15) is 0 Å². The number of hydrogen-bond donors (Lipinski definition) is 1. The molecule has 0 amide bonds. The maximum absolute atomic E-state index is 12.8. The number of carboxylic acid groups (broad SMARTS) is 2. The Labute approximate surface area is 145 Å². The van der Waals surface area contributed by atoms with E-state index in [0.29, 0.717) is 11.1 Å². The van der Waals surface area contributed by atoms with E-state index in [0.717, 1.165) is 0 Å². The van der Waals surface area contributed by atoms with Crippen molar-refractivity contribution >= 4 is 19.3 Å². The molecule has 0 aliphatic rings. The van der Waals surface area contributed by atoms with Gasteiger partial charge in [0.1, 0.15) is 0 Å². The molecule has 0 saturated carbocycles. The van der Waals surface area contributed by atoms with Crippen LogP contribution in [0.25, 0.3) is 0 Å². The molecule has 0 unspecified atom stereocenters. The summed E-state index contributed by atoms with van der Waals surface area (Å²) < 4.78 is 12.8. The van der Waals surface area contributed by atoms with Gasteiger partial charge < -0.3 is 24.7 Å². The minimum absolute atomic E-state index is 0.296. The molecule has 0 aliphatic carbocycles. The van der Waals surface area contributed by atoms with Gasteiger partial charge in [0.25, 0.3) is 0 Å². The van der Waals surface area contributed by atoms with Crippen LogP contribution in [0.2, 0.25) is 0 Å². The van der Waals surface area contributed by atoms with E-state index in [1.54, 1.807) is 60.7 Å². The predicted molar refractivity (Wildman–Crippen MR) is 87.7 cm³/mol. The molecule has 7 heteroatoms. The summed E-state index contributed by atoms with van der Waals surface area (Å²) >= 11 is 0. The highest BCUT2D eigenvalue weighted by atomic mass is 31.2. The molecule has 0 aliphatic heterocycles. The fraction of sp³-hybridized carbons (Fsp3) is 0.222. The third-order valence-corrected chi connectivity index (χ3v) is 6.55. The Hall–Kier alpha value is -2.43. The lowest BCUT2D eigenvalue weighted by atomic mass is 10.1. The van der Waals surface area contributed by atoms with Crippen LogP contribution >= 0.6 is 7.37 Å². The first-order valence-corrected chi connectivity index (χ1v) is 9.44. The molecule has 0 fully saturated rings. The van der Waals surface area contributed by atoms with Crippen LogP contribution in [0, 0.1) is 0 Å². The normalized spacial score (nSPS) is 13.8. The highest BCUT2D eigenvalue weighted by molar-refractivity contribution is 7.61. The molecule has 1 N–H and O–H groups in total. The lowest BCUT2D eigenvalue weighted by Gasteiger charge is -2.31. The van der Waals surface area contributed by atoms with E-state index >= 15 is 0 Å². The van der Waals surface area contributed by atoms with Gasteiger partial charge in [-0.3, -0.25) is 4.57 Å². The Morgan fingerprint density at radius 2 is 1.12 bits per heavy atom. The zero-order valence-electron chi connectivity index (χ0n) is 13.3. The predicted octanol–water partition coefficient (Wildman–Crippen LogP) is -0.0208. The van der Waals surface area contributed by atoms with Crippen molar-refractivity contribution in [3.63, 3.8) is 0 Å². The molecule has 25 heavy (non-hydrogen) atoms. The average Bonchev–Trinajstić information content (AvgIpc) is 2.58. The quantitative estimate of drug-likeness (QED) is 0.661. The third-order valence-electron chi connectivity index (χ3n) is 3.98. The number of carboxylic acids is 2. The van der Waals surface area contributed by atoms with Gasteiger partial charge in [-0.25, -0.2) is 0 Å². The lowest BCUT2D eigenvalue weighted by Crippen LogP contribution is -2.44. The smallest absolute Gasteiger partial charge is 0.218 e. The zero-order chi connectivity index (χ0) is 18.4. The van der Waals surface area contributed by atoms with Crippen LogP contribution in [-0.4, -0.2) is 28.2 Å². The van der Waals surface area contributed by atoms with Gasteiger partial charge in [0.05, 0.1) is 23.3 Å². The SMILES string of the molecule is O=C([O-])[C@@H](Cc1ccccc1)P(=O)(O)[C@H](Cc1ccccc1)C(=O)[O-]. The van der Waals surface area contributed by atoms with E-state index in [2.05, 4.69) is 0 Å². The van der Waals surface area contributed by atoms with Crippen LogP contribution in [0.4, 0.5) is 0 Å². The van der Waals surface area contributed by atoms with Crippen molar-refractivity contribution in [1.29, 1.82) is 0 Å². The number of carbonyl (C=O) groups is 2. The Balaban J connectivity index is 2.33. The van der Waals surface area contributed by atoms with Gasteiger partial charge in [0.2, 0.25) is 7.37 Å². The van der Waals surface area contributed by atoms with Crippen molar-refractivity contribution < 1.29 is 29.3 Å². The Morgan fingerprint density at radius 3 is 1.40 bits per heavy atom.